The first-order valence-corrected chi connectivity index (χ1v) is 11.4. The second-order valence-electron chi connectivity index (χ2n) is 8.47. The van der Waals surface area contributed by atoms with Gasteiger partial charge in [-0.15, -0.1) is 5.10 Å². The van der Waals surface area contributed by atoms with Gasteiger partial charge in [-0.2, -0.15) is 0 Å². The molecule has 2 aromatic carbocycles. The second-order valence-corrected chi connectivity index (χ2v) is 8.90. The molecular weight excluding hydrogens is 461 g/mol. The standard InChI is InChI=1S/C24H23ClFN5O3/c1-15-2-3-17(12-19(15)26)23(32)29-8-10-30(11-9-29)24(33)22-20-14-34-21(13-31(20)28-27-22)16-4-6-18(25)7-5-16/h2-7,12,21H,8-11,13-14H2,1H3. The summed E-state index contributed by atoms with van der Waals surface area (Å²) in [4.78, 5) is 29.2. The molecule has 0 bridgehead atoms. The van der Waals surface area contributed by atoms with Gasteiger partial charge in [0.1, 0.15) is 11.9 Å². The van der Waals surface area contributed by atoms with E-state index in [0.29, 0.717) is 54.6 Å². The number of benzene rings is 2. The summed E-state index contributed by atoms with van der Waals surface area (Å²) >= 11 is 5.97. The van der Waals surface area contributed by atoms with Crippen LogP contribution in [0.15, 0.2) is 42.5 Å². The highest BCUT2D eigenvalue weighted by Crippen LogP contribution is 2.28. The van der Waals surface area contributed by atoms with Crippen LogP contribution >= 0.6 is 11.6 Å². The van der Waals surface area contributed by atoms with Gasteiger partial charge in [0, 0.05) is 36.8 Å². The van der Waals surface area contributed by atoms with Crippen molar-refractivity contribution in [3.8, 4) is 0 Å². The smallest absolute Gasteiger partial charge is 0.276 e. The maximum Gasteiger partial charge on any atom is 0.276 e. The van der Waals surface area contributed by atoms with Crippen LogP contribution in [0.1, 0.15) is 43.8 Å². The number of halogens is 2. The molecule has 2 aliphatic rings. The van der Waals surface area contributed by atoms with Crippen molar-refractivity contribution in [3.05, 3.63) is 81.4 Å². The summed E-state index contributed by atoms with van der Waals surface area (Å²) in [6.45, 7) is 3.77. The fraction of sp³-hybridized carbons (Fsp3) is 0.333. The van der Waals surface area contributed by atoms with Gasteiger partial charge in [-0.3, -0.25) is 9.59 Å². The molecule has 34 heavy (non-hydrogen) atoms. The number of hydrogen-bond acceptors (Lipinski definition) is 5. The number of nitrogens with zero attached hydrogens (tertiary/aromatic N) is 5. The summed E-state index contributed by atoms with van der Waals surface area (Å²) in [5.74, 6) is -0.880. The van der Waals surface area contributed by atoms with E-state index in [2.05, 4.69) is 10.3 Å². The Labute approximate surface area is 200 Å². The third-order valence-corrected chi connectivity index (χ3v) is 6.57. The molecule has 0 spiro atoms. The van der Waals surface area contributed by atoms with E-state index in [1.165, 1.54) is 6.07 Å². The minimum Gasteiger partial charge on any atom is -0.365 e. The monoisotopic (exact) mass is 483 g/mol. The molecule has 1 fully saturated rings. The number of piperazine rings is 1. The van der Waals surface area contributed by atoms with Gasteiger partial charge in [0.2, 0.25) is 0 Å². The maximum atomic E-state index is 13.9. The number of ether oxygens (including phenoxy) is 1. The van der Waals surface area contributed by atoms with Crippen molar-refractivity contribution >= 4 is 23.4 Å². The molecule has 0 radical (unpaired) electrons. The number of rotatable bonds is 3. The van der Waals surface area contributed by atoms with E-state index < -0.39 is 5.82 Å². The van der Waals surface area contributed by atoms with E-state index in [1.807, 2.05) is 24.3 Å². The zero-order chi connectivity index (χ0) is 23.8. The lowest BCUT2D eigenvalue weighted by Crippen LogP contribution is -2.50. The Hall–Kier alpha value is -3.30. The lowest BCUT2D eigenvalue weighted by Gasteiger charge is -2.34. The zero-order valence-electron chi connectivity index (χ0n) is 18.6. The third kappa shape index (κ3) is 4.28. The lowest BCUT2D eigenvalue weighted by molar-refractivity contribution is -0.00202. The summed E-state index contributed by atoms with van der Waals surface area (Å²) < 4.78 is 21.5. The molecule has 1 unspecified atom stereocenters. The first kappa shape index (κ1) is 22.5. The molecule has 3 aromatic rings. The van der Waals surface area contributed by atoms with Crippen LogP contribution in [0.4, 0.5) is 4.39 Å². The van der Waals surface area contributed by atoms with Crippen LogP contribution < -0.4 is 0 Å². The average molecular weight is 484 g/mol. The predicted octanol–water partition coefficient (Wildman–Crippen LogP) is 3.25. The Kier molecular flexibility index (Phi) is 6.05. The molecule has 0 saturated carbocycles. The van der Waals surface area contributed by atoms with Crippen LogP contribution in [0, 0.1) is 12.7 Å². The minimum atomic E-state index is -0.405. The quantitative estimate of drug-likeness (QED) is 0.571. The van der Waals surface area contributed by atoms with Gasteiger partial charge >= 0.3 is 0 Å². The van der Waals surface area contributed by atoms with Crippen LogP contribution in [-0.2, 0) is 17.9 Å². The fourth-order valence-corrected chi connectivity index (χ4v) is 4.35. The van der Waals surface area contributed by atoms with Crippen LogP contribution in [0.3, 0.4) is 0 Å². The first-order valence-electron chi connectivity index (χ1n) is 11.0. The van der Waals surface area contributed by atoms with Crippen molar-refractivity contribution in [2.45, 2.75) is 26.2 Å². The van der Waals surface area contributed by atoms with E-state index >= 15 is 0 Å². The Morgan fingerprint density at radius 3 is 2.38 bits per heavy atom. The molecule has 176 valence electrons. The maximum absolute atomic E-state index is 13.9. The molecule has 10 heteroatoms. The topological polar surface area (TPSA) is 80.6 Å². The minimum absolute atomic E-state index is 0.199. The van der Waals surface area contributed by atoms with E-state index in [4.69, 9.17) is 16.3 Å². The molecule has 0 N–H and O–H groups in total. The van der Waals surface area contributed by atoms with Crippen molar-refractivity contribution < 1.29 is 18.7 Å². The molecule has 8 nitrogen and oxygen atoms in total. The summed E-state index contributed by atoms with van der Waals surface area (Å²) in [6, 6.07) is 11.9. The molecular formula is C24H23ClFN5O3. The normalized spacial score (nSPS) is 18.0. The van der Waals surface area contributed by atoms with Crippen LogP contribution in [0.5, 0.6) is 0 Å². The van der Waals surface area contributed by atoms with Crippen molar-refractivity contribution in [2.75, 3.05) is 26.2 Å². The second kappa shape index (κ2) is 9.15. The number of carbonyl (C=O) groups is 2. The van der Waals surface area contributed by atoms with Crippen molar-refractivity contribution in [1.29, 1.82) is 0 Å². The Morgan fingerprint density at radius 2 is 1.71 bits per heavy atom. The van der Waals surface area contributed by atoms with E-state index in [0.717, 1.165) is 5.56 Å². The number of aromatic nitrogens is 3. The van der Waals surface area contributed by atoms with Gasteiger partial charge in [-0.25, -0.2) is 9.07 Å². The molecule has 5 rings (SSSR count). The molecule has 2 aliphatic heterocycles. The van der Waals surface area contributed by atoms with E-state index in [-0.39, 0.29) is 30.2 Å². The molecule has 0 aliphatic carbocycles. The summed E-state index contributed by atoms with van der Waals surface area (Å²) in [5, 5.41) is 8.96. The predicted molar refractivity (Wildman–Crippen MR) is 122 cm³/mol. The van der Waals surface area contributed by atoms with Gasteiger partial charge in [-0.05, 0) is 42.3 Å². The largest absolute Gasteiger partial charge is 0.365 e. The number of aryl methyl sites for hydroxylation is 1. The molecule has 3 heterocycles. The Morgan fingerprint density at radius 1 is 1.03 bits per heavy atom. The molecule has 1 saturated heterocycles. The van der Waals surface area contributed by atoms with Gasteiger partial charge in [0.05, 0.1) is 18.8 Å². The van der Waals surface area contributed by atoms with Crippen molar-refractivity contribution in [3.63, 3.8) is 0 Å². The van der Waals surface area contributed by atoms with Crippen LogP contribution in [-0.4, -0.2) is 62.8 Å². The highest BCUT2D eigenvalue weighted by Gasteiger charge is 2.32. The SMILES string of the molecule is Cc1ccc(C(=O)N2CCN(C(=O)c3nnn4c3COC(c3ccc(Cl)cc3)C4)CC2)cc1F. The first-order chi connectivity index (χ1) is 16.4. The highest BCUT2D eigenvalue weighted by molar-refractivity contribution is 6.30. The number of hydrogen-bond donors (Lipinski definition) is 0. The van der Waals surface area contributed by atoms with Gasteiger partial charge in [-0.1, -0.05) is 35.0 Å². The molecule has 1 atom stereocenters. The Balaban J connectivity index is 1.22. The van der Waals surface area contributed by atoms with Gasteiger partial charge < -0.3 is 14.5 Å². The average Bonchev–Trinajstić information content (AvgIpc) is 3.29. The fourth-order valence-electron chi connectivity index (χ4n) is 4.23. The molecule has 1 aromatic heterocycles. The molecule has 2 amide bonds. The number of carbonyl (C=O) groups excluding carboxylic acids is 2. The lowest BCUT2D eigenvalue weighted by atomic mass is 10.1. The number of fused-ring (bicyclic) bond motifs is 1. The Bertz CT molecular complexity index is 1240. The number of amides is 2. The third-order valence-electron chi connectivity index (χ3n) is 6.31. The van der Waals surface area contributed by atoms with E-state index in [1.54, 1.807) is 33.5 Å². The van der Waals surface area contributed by atoms with Gasteiger partial charge in [0.25, 0.3) is 11.8 Å². The van der Waals surface area contributed by atoms with Crippen molar-refractivity contribution in [1.82, 2.24) is 24.8 Å². The van der Waals surface area contributed by atoms with Crippen LogP contribution in [0.2, 0.25) is 5.02 Å². The van der Waals surface area contributed by atoms with Crippen molar-refractivity contribution in [2.24, 2.45) is 0 Å². The van der Waals surface area contributed by atoms with Crippen LogP contribution in [0.25, 0.3) is 0 Å². The summed E-state index contributed by atoms with van der Waals surface area (Å²) in [7, 11) is 0. The van der Waals surface area contributed by atoms with Gasteiger partial charge in [0.15, 0.2) is 5.69 Å². The summed E-state index contributed by atoms with van der Waals surface area (Å²) in [6.07, 6.45) is -0.199. The zero-order valence-corrected chi connectivity index (χ0v) is 19.3. The van der Waals surface area contributed by atoms with E-state index in [9.17, 15) is 14.0 Å². The summed E-state index contributed by atoms with van der Waals surface area (Å²) in [5.41, 5.74) is 2.70. The highest BCUT2D eigenvalue weighted by atomic mass is 35.5.